The minimum Gasteiger partial charge on any atom is -0.428 e. The molecule has 0 aliphatic heterocycles. The van der Waals surface area contributed by atoms with E-state index in [-0.39, 0.29) is 17.1 Å². The average Bonchev–Trinajstić information content (AvgIpc) is 2.53. The van der Waals surface area contributed by atoms with Gasteiger partial charge in [-0.3, -0.25) is 9.59 Å². The van der Waals surface area contributed by atoms with E-state index in [4.69, 9.17) is 9.47 Å². The molecule has 5 nitrogen and oxygen atoms in total. The standard InChI is InChI=1S/C20H27O5/c1-5-6-7-8-9-10-17(22)15-11-12-18(16(13-15)14-21)24-19(23)25-20(2,3)4/h11-13H,5-10H2,1-4H3. The third-order valence-corrected chi connectivity index (χ3v) is 3.50. The van der Waals surface area contributed by atoms with Gasteiger partial charge in [-0.2, -0.15) is 0 Å². The number of unbranched alkanes of at least 4 members (excludes halogenated alkanes) is 4. The number of ether oxygens (including phenoxy) is 2. The van der Waals surface area contributed by atoms with E-state index in [9.17, 15) is 14.4 Å². The molecule has 1 aromatic carbocycles. The van der Waals surface area contributed by atoms with E-state index >= 15 is 0 Å². The Kier molecular flexibility index (Phi) is 8.32. The summed E-state index contributed by atoms with van der Waals surface area (Å²) in [6, 6.07) is 4.38. The SMILES string of the molecule is CCCCCCCC(=O)c1ccc(OC(=O)OC(C)(C)C)c([C]=O)c1. The first-order chi connectivity index (χ1) is 11.8. The highest BCUT2D eigenvalue weighted by atomic mass is 16.7. The normalized spacial score (nSPS) is 11.0. The van der Waals surface area contributed by atoms with Crippen molar-refractivity contribution in [2.75, 3.05) is 0 Å². The molecule has 0 spiro atoms. The molecule has 0 aliphatic carbocycles. The van der Waals surface area contributed by atoms with Gasteiger partial charge in [-0.1, -0.05) is 32.6 Å². The van der Waals surface area contributed by atoms with Crippen LogP contribution in [0.15, 0.2) is 18.2 Å². The lowest BCUT2D eigenvalue weighted by atomic mass is 10.0. The van der Waals surface area contributed by atoms with E-state index in [0.29, 0.717) is 12.0 Å². The highest BCUT2D eigenvalue weighted by Crippen LogP contribution is 2.21. The van der Waals surface area contributed by atoms with Gasteiger partial charge < -0.3 is 9.47 Å². The summed E-state index contributed by atoms with van der Waals surface area (Å²) >= 11 is 0. The number of carbonyl (C=O) groups is 2. The van der Waals surface area contributed by atoms with E-state index in [2.05, 4.69) is 6.92 Å². The lowest BCUT2D eigenvalue weighted by Gasteiger charge is -2.19. The van der Waals surface area contributed by atoms with E-state index in [1.54, 1.807) is 33.1 Å². The molecule has 1 radical (unpaired) electrons. The fourth-order valence-electron chi connectivity index (χ4n) is 2.27. The molecule has 0 heterocycles. The third kappa shape index (κ3) is 7.96. The quantitative estimate of drug-likeness (QED) is 0.272. The molecule has 5 heteroatoms. The maximum Gasteiger partial charge on any atom is 0.514 e. The first kappa shape index (κ1) is 20.9. The molecule has 0 unspecified atom stereocenters. The molecule has 0 saturated carbocycles. The smallest absolute Gasteiger partial charge is 0.428 e. The Balaban J connectivity index is 2.69. The third-order valence-electron chi connectivity index (χ3n) is 3.50. The molecule has 0 aliphatic rings. The van der Waals surface area contributed by atoms with Gasteiger partial charge in [0.15, 0.2) is 5.78 Å². The van der Waals surface area contributed by atoms with E-state index < -0.39 is 11.8 Å². The Bertz CT molecular complexity index is 599. The van der Waals surface area contributed by atoms with Gasteiger partial charge in [-0.25, -0.2) is 4.79 Å². The molecule has 0 amide bonds. The summed E-state index contributed by atoms with van der Waals surface area (Å²) < 4.78 is 10.1. The highest BCUT2D eigenvalue weighted by Gasteiger charge is 2.20. The van der Waals surface area contributed by atoms with Crippen molar-refractivity contribution in [1.82, 2.24) is 0 Å². The van der Waals surface area contributed by atoms with Crippen LogP contribution in [-0.4, -0.2) is 23.8 Å². The largest absolute Gasteiger partial charge is 0.514 e. The van der Waals surface area contributed by atoms with Crippen LogP contribution in [-0.2, 0) is 9.53 Å². The molecular formula is C20H27O5. The van der Waals surface area contributed by atoms with Crippen molar-refractivity contribution in [2.45, 2.75) is 71.8 Å². The molecule has 137 valence electrons. The molecular weight excluding hydrogens is 320 g/mol. The van der Waals surface area contributed by atoms with Crippen LogP contribution in [0.5, 0.6) is 5.75 Å². The van der Waals surface area contributed by atoms with E-state index in [0.717, 1.165) is 25.7 Å². The van der Waals surface area contributed by atoms with Gasteiger partial charge in [0.2, 0.25) is 6.29 Å². The predicted molar refractivity (Wildman–Crippen MR) is 95.8 cm³/mol. The summed E-state index contributed by atoms with van der Waals surface area (Å²) in [7, 11) is 0. The maximum atomic E-state index is 12.2. The number of ketones is 1. The van der Waals surface area contributed by atoms with Crippen LogP contribution in [0.25, 0.3) is 0 Å². The maximum absolute atomic E-state index is 12.2. The average molecular weight is 347 g/mol. The van der Waals surface area contributed by atoms with Gasteiger partial charge in [-0.15, -0.1) is 0 Å². The Morgan fingerprint density at radius 2 is 1.76 bits per heavy atom. The predicted octanol–water partition coefficient (Wildman–Crippen LogP) is 5.00. The van der Waals surface area contributed by atoms with Gasteiger partial charge in [0.25, 0.3) is 0 Å². The molecule has 0 saturated heterocycles. The molecule has 0 fully saturated rings. The van der Waals surface area contributed by atoms with Crippen molar-refractivity contribution in [3.63, 3.8) is 0 Å². The summed E-state index contributed by atoms with van der Waals surface area (Å²) in [6.45, 7) is 7.28. The Morgan fingerprint density at radius 1 is 1.08 bits per heavy atom. The molecule has 0 bridgehead atoms. The number of hydrogen-bond acceptors (Lipinski definition) is 5. The summed E-state index contributed by atoms with van der Waals surface area (Å²) in [4.78, 5) is 35.0. The van der Waals surface area contributed by atoms with Crippen molar-refractivity contribution in [3.05, 3.63) is 29.3 Å². The van der Waals surface area contributed by atoms with Crippen LogP contribution in [0.2, 0.25) is 0 Å². The van der Waals surface area contributed by atoms with Gasteiger partial charge in [0.05, 0.1) is 5.56 Å². The number of benzene rings is 1. The minimum atomic E-state index is -0.904. The minimum absolute atomic E-state index is 0.0303. The molecule has 1 rings (SSSR count). The van der Waals surface area contributed by atoms with Crippen molar-refractivity contribution in [3.8, 4) is 5.75 Å². The molecule has 0 aromatic heterocycles. The number of rotatable bonds is 9. The van der Waals surface area contributed by atoms with Crippen molar-refractivity contribution >= 4 is 18.2 Å². The first-order valence-electron chi connectivity index (χ1n) is 8.73. The van der Waals surface area contributed by atoms with Crippen LogP contribution in [0.4, 0.5) is 4.79 Å². The Hall–Kier alpha value is -2.17. The van der Waals surface area contributed by atoms with Gasteiger partial charge >= 0.3 is 6.16 Å². The fourth-order valence-corrected chi connectivity index (χ4v) is 2.27. The fraction of sp³-hybridized carbons (Fsp3) is 0.550. The monoisotopic (exact) mass is 347 g/mol. The van der Waals surface area contributed by atoms with Crippen molar-refractivity contribution < 1.29 is 23.9 Å². The lowest BCUT2D eigenvalue weighted by molar-refractivity contribution is 0.0206. The van der Waals surface area contributed by atoms with Crippen LogP contribution in [0.3, 0.4) is 0 Å². The second-order valence-electron chi connectivity index (χ2n) is 6.97. The summed E-state index contributed by atoms with van der Waals surface area (Å²) in [5.41, 5.74) is -0.247. The second kappa shape index (κ2) is 9.97. The molecule has 0 N–H and O–H groups in total. The number of Topliss-reactive ketones (excluding diaryl/α,β-unsaturated/α-hetero) is 1. The van der Waals surface area contributed by atoms with Gasteiger partial charge in [0, 0.05) is 12.0 Å². The second-order valence-corrected chi connectivity index (χ2v) is 6.97. The van der Waals surface area contributed by atoms with Crippen LogP contribution >= 0.6 is 0 Å². The molecule has 0 atom stereocenters. The van der Waals surface area contributed by atoms with Crippen LogP contribution in [0, 0.1) is 0 Å². The zero-order chi connectivity index (χ0) is 18.9. The summed E-state index contributed by atoms with van der Waals surface area (Å²) in [6.07, 6.45) is 6.55. The lowest BCUT2D eigenvalue weighted by Crippen LogP contribution is -2.26. The summed E-state index contributed by atoms with van der Waals surface area (Å²) in [5, 5.41) is 0. The number of hydrogen-bond donors (Lipinski definition) is 0. The van der Waals surface area contributed by atoms with E-state index in [1.807, 2.05) is 0 Å². The summed E-state index contributed by atoms with van der Waals surface area (Å²) in [5.74, 6) is 0.000521. The highest BCUT2D eigenvalue weighted by molar-refractivity contribution is 5.98. The van der Waals surface area contributed by atoms with Gasteiger partial charge in [-0.05, 0) is 45.4 Å². The Morgan fingerprint density at radius 3 is 2.36 bits per heavy atom. The Labute approximate surface area is 149 Å². The molecule has 25 heavy (non-hydrogen) atoms. The number of carbonyl (C=O) groups excluding carboxylic acids is 3. The topological polar surface area (TPSA) is 69.7 Å². The molecule has 1 aromatic rings. The van der Waals surface area contributed by atoms with Crippen LogP contribution in [0.1, 0.15) is 82.1 Å². The zero-order valence-electron chi connectivity index (χ0n) is 15.5. The van der Waals surface area contributed by atoms with Crippen molar-refractivity contribution in [2.24, 2.45) is 0 Å². The van der Waals surface area contributed by atoms with Crippen molar-refractivity contribution in [1.29, 1.82) is 0 Å². The van der Waals surface area contributed by atoms with E-state index in [1.165, 1.54) is 18.6 Å². The first-order valence-corrected chi connectivity index (χ1v) is 8.73. The van der Waals surface area contributed by atoms with Gasteiger partial charge in [0.1, 0.15) is 11.4 Å². The van der Waals surface area contributed by atoms with Crippen LogP contribution < -0.4 is 4.74 Å². The zero-order valence-corrected chi connectivity index (χ0v) is 15.5.